The summed E-state index contributed by atoms with van der Waals surface area (Å²) in [5, 5.41) is 0. The van der Waals surface area contributed by atoms with E-state index in [4.69, 9.17) is 11.6 Å². The molecule has 2 rings (SSSR count). The van der Waals surface area contributed by atoms with Gasteiger partial charge < -0.3 is 4.90 Å². The average Bonchev–Trinajstić information content (AvgIpc) is 2.03. The molecule has 2 saturated carbocycles. The first-order valence-electron chi connectivity index (χ1n) is 6.20. The van der Waals surface area contributed by atoms with Gasteiger partial charge in [0, 0.05) is 18.5 Å². The van der Waals surface area contributed by atoms with Crippen molar-refractivity contribution in [2.45, 2.75) is 51.0 Å². The number of halogens is 1. The number of nitrogens with zero attached hydrogens (tertiary/aromatic N) is 1. The molecule has 2 aliphatic carbocycles. The van der Waals surface area contributed by atoms with Crippen LogP contribution in [0.3, 0.4) is 0 Å². The molecule has 0 aromatic carbocycles. The Labute approximate surface area is 92.8 Å². The Morgan fingerprint density at radius 3 is 2.21 bits per heavy atom. The quantitative estimate of drug-likeness (QED) is 0.615. The number of hydrogen-bond acceptors (Lipinski definition) is 1. The third-order valence-corrected chi connectivity index (χ3v) is 4.15. The fraction of sp³-hybridized carbons (Fsp3) is 1.00. The van der Waals surface area contributed by atoms with Crippen LogP contribution in [0.1, 0.15) is 44.9 Å². The second-order valence-electron chi connectivity index (χ2n) is 4.92. The van der Waals surface area contributed by atoms with E-state index in [9.17, 15) is 0 Å². The largest absolute Gasteiger partial charge is 0.300 e. The molecule has 82 valence electrons. The van der Waals surface area contributed by atoms with Gasteiger partial charge in [-0.05, 0) is 44.6 Å². The van der Waals surface area contributed by atoms with Crippen LogP contribution in [-0.4, -0.2) is 29.9 Å². The molecule has 0 aliphatic heterocycles. The van der Waals surface area contributed by atoms with Crippen molar-refractivity contribution in [3.8, 4) is 0 Å². The van der Waals surface area contributed by atoms with Crippen molar-refractivity contribution in [2.24, 2.45) is 5.92 Å². The summed E-state index contributed by atoms with van der Waals surface area (Å²) in [4.78, 5) is 2.72. The minimum absolute atomic E-state index is 0.827. The molecule has 2 fully saturated rings. The summed E-state index contributed by atoms with van der Waals surface area (Å²) in [6.45, 7) is 2.60. The third-order valence-electron chi connectivity index (χ3n) is 3.89. The van der Waals surface area contributed by atoms with Crippen LogP contribution in [0.15, 0.2) is 0 Å². The molecular weight excluding hydrogens is 194 g/mol. The van der Waals surface area contributed by atoms with Gasteiger partial charge in [0.25, 0.3) is 0 Å². The van der Waals surface area contributed by atoms with Crippen LogP contribution in [-0.2, 0) is 0 Å². The normalized spacial score (nSPS) is 23.6. The first-order valence-corrected chi connectivity index (χ1v) is 6.73. The summed E-state index contributed by atoms with van der Waals surface area (Å²) in [7, 11) is 0. The third kappa shape index (κ3) is 2.64. The van der Waals surface area contributed by atoms with E-state index >= 15 is 0 Å². The highest BCUT2D eigenvalue weighted by Gasteiger charge is 2.28. The lowest BCUT2D eigenvalue weighted by Crippen LogP contribution is -2.44. The summed E-state index contributed by atoms with van der Waals surface area (Å²) in [5.41, 5.74) is 0. The van der Waals surface area contributed by atoms with Crippen LogP contribution in [0.2, 0.25) is 0 Å². The Kier molecular flexibility index (Phi) is 4.12. The molecule has 0 N–H and O–H groups in total. The Bertz CT molecular complexity index is 164. The highest BCUT2D eigenvalue weighted by atomic mass is 35.5. The molecule has 1 nitrogen and oxygen atoms in total. The maximum Gasteiger partial charge on any atom is 0.0235 e. The standard InChI is InChI=1S/C12H22ClN/c13-8-3-9-14(12-6-2-7-12)10-11-4-1-5-11/h11-12H,1-10H2. The summed E-state index contributed by atoms with van der Waals surface area (Å²) in [6.07, 6.45) is 9.92. The molecular formula is C12H22ClN. The molecule has 0 amide bonds. The van der Waals surface area contributed by atoms with Gasteiger partial charge in [0.15, 0.2) is 0 Å². The molecule has 0 radical (unpaired) electrons. The van der Waals surface area contributed by atoms with Gasteiger partial charge in [0.1, 0.15) is 0 Å². The van der Waals surface area contributed by atoms with E-state index in [1.54, 1.807) is 0 Å². The SMILES string of the molecule is ClCCCN(CC1CCC1)C1CCC1. The fourth-order valence-corrected chi connectivity index (χ4v) is 2.56. The predicted molar refractivity (Wildman–Crippen MR) is 61.9 cm³/mol. The molecule has 0 saturated heterocycles. The summed E-state index contributed by atoms with van der Waals surface area (Å²) < 4.78 is 0. The van der Waals surface area contributed by atoms with Crippen molar-refractivity contribution < 1.29 is 0 Å². The van der Waals surface area contributed by atoms with E-state index in [1.165, 1.54) is 58.0 Å². The van der Waals surface area contributed by atoms with Gasteiger partial charge in [-0.3, -0.25) is 0 Å². The van der Waals surface area contributed by atoms with Gasteiger partial charge >= 0.3 is 0 Å². The van der Waals surface area contributed by atoms with Crippen molar-refractivity contribution >= 4 is 11.6 Å². The highest BCUT2D eigenvalue weighted by Crippen LogP contribution is 2.31. The molecule has 0 atom stereocenters. The lowest BCUT2D eigenvalue weighted by molar-refractivity contribution is 0.0871. The zero-order valence-electron chi connectivity index (χ0n) is 9.05. The van der Waals surface area contributed by atoms with E-state index in [2.05, 4.69) is 4.90 Å². The van der Waals surface area contributed by atoms with Crippen LogP contribution in [0.25, 0.3) is 0 Å². The first kappa shape index (κ1) is 10.8. The fourth-order valence-electron chi connectivity index (χ4n) is 2.44. The lowest BCUT2D eigenvalue weighted by atomic mass is 9.83. The Hall–Kier alpha value is 0.250. The van der Waals surface area contributed by atoms with E-state index in [0.29, 0.717) is 0 Å². The molecule has 2 heteroatoms. The van der Waals surface area contributed by atoms with Gasteiger partial charge in [-0.2, -0.15) is 0 Å². The molecule has 2 aliphatic rings. The van der Waals surface area contributed by atoms with Gasteiger partial charge in [-0.1, -0.05) is 12.8 Å². The minimum Gasteiger partial charge on any atom is -0.300 e. The van der Waals surface area contributed by atoms with Crippen LogP contribution in [0, 0.1) is 5.92 Å². The van der Waals surface area contributed by atoms with Crippen LogP contribution in [0.5, 0.6) is 0 Å². The number of hydrogen-bond donors (Lipinski definition) is 0. The minimum atomic E-state index is 0.827. The van der Waals surface area contributed by atoms with Crippen LogP contribution in [0.4, 0.5) is 0 Å². The topological polar surface area (TPSA) is 3.24 Å². The van der Waals surface area contributed by atoms with Gasteiger partial charge in [0.05, 0.1) is 0 Å². The zero-order chi connectivity index (χ0) is 9.80. The molecule has 0 bridgehead atoms. The Morgan fingerprint density at radius 2 is 1.79 bits per heavy atom. The molecule has 0 unspecified atom stereocenters. The van der Waals surface area contributed by atoms with Crippen molar-refractivity contribution in [3.63, 3.8) is 0 Å². The van der Waals surface area contributed by atoms with Gasteiger partial charge in [0.2, 0.25) is 0 Å². The summed E-state index contributed by atoms with van der Waals surface area (Å²) >= 11 is 5.77. The summed E-state index contributed by atoms with van der Waals surface area (Å²) in [5.74, 6) is 1.85. The van der Waals surface area contributed by atoms with Crippen molar-refractivity contribution in [2.75, 3.05) is 19.0 Å². The van der Waals surface area contributed by atoms with Gasteiger partial charge in [-0.15, -0.1) is 11.6 Å². The van der Waals surface area contributed by atoms with Crippen molar-refractivity contribution in [1.29, 1.82) is 0 Å². The maximum absolute atomic E-state index is 5.77. The second-order valence-corrected chi connectivity index (χ2v) is 5.30. The van der Waals surface area contributed by atoms with Crippen LogP contribution < -0.4 is 0 Å². The van der Waals surface area contributed by atoms with Crippen molar-refractivity contribution in [1.82, 2.24) is 4.90 Å². The molecule has 0 aromatic rings. The molecule has 0 aromatic heterocycles. The van der Waals surface area contributed by atoms with E-state index in [-0.39, 0.29) is 0 Å². The smallest absolute Gasteiger partial charge is 0.0235 e. The molecule has 0 spiro atoms. The van der Waals surface area contributed by atoms with E-state index in [0.717, 1.165) is 17.8 Å². The van der Waals surface area contributed by atoms with Crippen LogP contribution >= 0.6 is 11.6 Å². The monoisotopic (exact) mass is 215 g/mol. The van der Waals surface area contributed by atoms with Gasteiger partial charge in [-0.25, -0.2) is 0 Å². The zero-order valence-corrected chi connectivity index (χ0v) is 9.81. The van der Waals surface area contributed by atoms with Crippen molar-refractivity contribution in [3.05, 3.63) is 0 Å². The lowest BCUT2D eigenvalue weighted by Gasteiger charge is -2.41. The predicted octanol–water partition coefficient (Wildman–Crippen LogP) is 3.27. The maximum atomic E-state index is 5.77. The molecule has 0 heterocycles. The first-order chi connectivity index (χ1) is 6.90. The van der Waals surface area contributed by atoms with E-state index in [1.807, 2.05) is 0 Å². The molecule has 14 heavy (non-hydrogen) atoms. The Balaban J connectivity index is 1.72. The Morgan fingerprint density at radius 1 is 1.07 bits per heavy atom. The average molecular weight is 216 g/mol. The highest BCUT2D eigenvalue weighted by molar-refractivity contribution is 6.17. The summed E-state index contributed by atoms with van der Waals surface area (Å²) in [6, 6.07) is 0.916. The van der Waals surface area contributed by atoms with E-state index < -0.39 is 0 Å². The second kappa shape index (κ2) is 5.37. The number of alkyl halides is 1. The number of rotatable bonds is 6.